The minimum atomic E-state index is -0.371. The summed E-state index contributed by atoms with van der Waals surface area (Å²) in [5, 5.41) is 13.4. The molecule has 0 bridgehead atoms. The first-order chi connectivity index (χ1) is 9.74. The molecule has 0 spiro atoms. The molecule has 0 radical (unpaired) electrons. The Balaban J connectivity index is 2.02. The van der Waals surface area contributed by atoms with Gasteiger partial charge in [-0.05, 0) is 12.1 Å². The van der Waals surface area contributed by atoms with Crippen molar-refractivity contribution in [3.05, 3.63) is 42.5 Å². The molecule has 7 heteroatoms. The van der Waals surface area contributed by atoms with Crippen molar-refractivity contribution in [1.82, 2.24) is 19.8 Å². The summed E-state index contributed by atoms with van der Waals surface area (Å²) >= 11 is 1.29. The summed E-state index contributed by atoms with van der Waals surface area (Å²) in [5.74, 6) is 0.493. The molecule has 0 saturated heterocycles. The van der Waals surface area contributed by atoms with E-state index in [1.54, 1.807) is 10.6 Å². The number of nitrogens with two attached hydrogens (primary N) is 1. The molecule has 20 heavy (non-hydrogen) atoms. The van der Waals surface area contributed by atoms with Gasteiger partial charge in [-0.1, -0.05) is 42.1 Å². The minimum absolute atomic E-state index is 0.196. The van der Waals surface area contributed by atoms with Gasteiger partial charge in [0.1, 0.15) is 5.03 Å². The van der Waals surface area contributed by atoms with E-state index in [-0.39, 0.29) is 11.7 Å². The number of carbonyl (C=O) groups excluding carboxylic acids is 1. The highest BCUT2D eigenvalue weighted by molar-refractivity contribution is 7.99. The highest BCUT2D eigenvalue weighted by atomic mass is 32.2. The zero-order valence-corrected chi connectivity index (χ0v) is 11.2. The highest BCUT2D eigenvalue weighted by Crippen LogP contribution is 2.20. The molecule has 0 fully saturated rings. The lowest BCUT2D eigenvalue weighted by Gasteiger charge is -2.01. The molecule has 0 saturated carbocycles. The Morgan fingerprint density at radius 1 is 1.15 bits per heavy atom. The monoisotopic (exact) mass is 285 g/mol. The van der Waals surface area contributed by atoms with Crippen LogP contribution in [0.25, 0.3) is 17.0 Å². The van der Waals surface area contributed by atoms with E-state index in [4.69, 9.17) is 5.73 Å². The summed E-state index contributed by atoms with van der Waals surface area (Å²) in [6.45, 7) is 0. The van der Waals surface area contributed by atoms with Gasteiger partial charge in [-0.25, -0.2) is 0 Å². The molecule has 2 heterocycles. The van der Waals surface area contributed by atoms with Gasteiger partial charge in [0.05, 0.1) is 5.75 Å². The zero-order chi connectivity index (χ0) is 13.9. The van der Waals surface area contributed by atoms with Crippen molar-refractivity contribution in [3.63, 3.8) is 0 Å². The van der Waals surface area contributed by atoms with Crippen molar-refractivity contribution < 1.29 is 4.79 Å². The zero-order valence-electron chi connectivity index (χ0n) is 10.4. The fourth-order valence-electron chi connectivity index (χ4n) is 1.76. The summed E-state index contributed by atoms with van der Waals surface area (Å²) < 4.78 is 1.67. The molecule has 0 aliphatic rings. The van der Waals surface area contributed by atoms with Gasteiger partial charge in [-0.2, -0.15) is 9.61 Å². The topological polar surface area (TPSA) is 86.2 Å². The maximum atomic E-state index is 10.8. The van der Waals surface area contributed by atoms with Crippen molar-refractivity contribution in [1.29, 1.82) is 0 Å². The number of aromatic nitrogens is 4. The number of primary amides is 1. The number of nitrogens with zero attached hydrogens (tertiary/aromatic N) is 4. The summed E-state index contributed by atoms with van der Waals surface area (Å²) in [6, 6.07) is 13.3. The standard InChI is InChI=1S/C13H11N5OS/c14-10(19)8-20-12-7-6-11-15-16-13(18(11)17-12)9-4-2-1-3-5-9/h1-7H,8H2,(H2,14,19). The number of hydrogen-bond acceptors (Lipinski definition) is 5. The average molecular weight is 285 g/mol. The van der Waals surface area contributed by atoms with E-state index in [1.165, 1.54) is 11.8 Å². The number of carbonyl (C=O) groups is 1. The van der Waals surface area contributed by atoms with E-state index >= 15 is 0 Å². The Kier molecular flexibility index (Phi) is 3.34. The molecule has 0 aliphatic carbocycles. The lowest BCUT2D eigenvalue weighted by molar-refractivity contribution is -0.115. The van der Waals surface area contributed by atoms with E-state index in [0.29, 0.717) is 16.5 Å². The molecule has 1 amide bonds. The largest absolute Gasteiger partial charge is 0.369 e. The lowest BCUT2D eigenvalue weighted by atomic mass is 10.2. The van der Waals surface area contributed by atoms with Crippen LogP contribution in [-0.4, -0.2) is 31.5 Å². The summed E-state index contributed by atoms with van der Waals surface area (Å²) in [4.78, 5) is 10.8. The van der Waals surface area contributed by atoms with Gasteiger partial charge in [0, 0.05) is 5.56 Å². The summed E-state index contributed by atoms with van der Waals surface area (Å²) in [7, 11) is 0. The van der Waals surface area contributed by atoms with Gasteiger partial charge in [0.2, 0.25) is 5.91 Å². The van der Waals surface area contributed by atoms with Crippen LogP contribution in [0.2, 0.25) is 0 Å². The lowest BCUT2D eigenvalue weighted by Crippen LogP contribution is -2.13. The first-order valence-electron chi connectivity index (χ1n) is 5.93. The van der Waals surface area contributed by atoms with Gasteiger partial charge in [0.25, 0.3) is 0 Å². The molecule has 2 aromatic heterocycles. The molecule has 0 atom stereocenters. The molecule has 0 aliphatic heterocycles. The number of hydrogen-bond donors (Lipinski definition) is 1. The van der Waals surface area contributed by atoms with Crippen molar-refractivity contribution in [3.8, 4) is 11.4 Å². The number of fused-ring (bicyclic) bond motifs is 1. The van der Waals surface area contributed by atoms with Crippen LogP contribution >= 0.6 is 11.8 Å². The number of rotatable bonds is 4. The summed E-state index contributed by atoms with van der Waals surface area (Å²) in [6.07, 6.45) is 0. The van der Waals surface area contributed by atoms with Crippen LogP contribution in [0.1, 0.15) is 0 Å². The predicted molar refractivity (Wildman–Crippen MR) is 76.1 cm³/mol. The highest BCUT2D eigenvalue weighted by Gasteiger charge is 2.10. The van der Waals surface area contributed by atoms with Gasteiger partial charge in [0.15, 0.2) is 11.5 Å². The minimum Gasteiger partial charge on any atom is -0.369 e. The van der Waals surface area contributed by atoms with Crippen LogP contribution < -0.4 is 5.73 Å². The van der Waals surface area contributed by atoms with Crippen molar-refractivity contribution >= 4 is 23.3 Å². The van der Waals surface area contributed by atoms with Crippen molar-refractivity contribution in [2.24, 2.45) is 5.73 Å². The molecule has 1 aromatic carbocycles. The van der Waals surface area contributed by atoms with Crippen molar-refractivity contribution in [2.75, 3.05) is 5.75 Å². The van der Waals surface area contributed by atoms with Crippen LogP contribution in [0.4, 0.5) is 0 Å². The van der Waals surface area contributed by atoms with Gasteiger partial charge < -0.3 is 5.73 Å². The fourth-order valence-corrected chi connectivity index (χ4v) is 2.36. The number of amides is 1. The predicted octanol–water partition coefficient (Wildman–Crippen LogP) is 1.37. The molecular weight excluding hydrogens is 274 g/mol. The van der Waals surface area contributed by atoms with E-state index in [2.05, 4.69) is 15.3 Å². The second kappa shape index (κ2) is 5.30. The van der Waals surface area contributed by atoms with E-state index in [1.807, 2.05) is 36.4 Å². The Labute approximate surface area is 119 Å². The normalized spacial score (nSPS) is 10.8. The van der Waals surface area contributed by atoms with Crippen LogP contribution in [-0.2, 0) is 4.79 Å². The maximum Gasteiger partial charge on any atom is 0.227 e. The third kappa shape index (κ3) is 2.48. The van der Waals surface area contributed by atoms with E-state index in [9.17, 15) is 4.79 Å². The van der Waals surface area contributed by atoms with Crippen molar-refractivity contribution in [2.45, 2.75) is 5.03 Å². The van der Waals surface area contributed by atoms with Crippen LogP contribution in [0, 0.1) is 0 Å². The Morgan fingerprint density at radius 3 is 2.70 bits per heavy atom. The summed E-state index contributed by atoms with van der Waals surface area (Å²) in [5.41, 5.74) is 6.73. The Bertz CT molecular complexity index is 756. The Hall–Kier alpha value is -2.41. The Morgan fingerprint density at radius 2 is 1.95 bits per heavy atom. The first-order valence-corrected chi connectivity index (χ1v) is 6.91. The van der Waals surface area contributed by atoms with E-state index in [0.717, 1.165) is 5.56 Å². The number of benzene rings is 1. The van der Waals surface area contributed by atoms with Crippen LogP contribution in [0.3, 0.4) is 0 Å². The first kappa shape index (κ1) is 12.6. The SMILES string of the molecule is NC(=O)CSc1ccc2nnc(-c3ccccc3)n2n1. The molecular formula is C13H11N5OS. The second-order valence-corrected chi connectivity index (χ2v) is 5.08. The smallest absolute Gasteiger partial charge is 0.227 e. The molecule has 2 N–H and O–H groups in total. The van der Waals surface area contributed by atoms with Crippen LogP contribution in [0.5, 0.6) is 0 Å². The van der Waals surface area contributed by atoms with Gasteiger partial charge >= 0.3 is 0 Å². The molecule has 6 nitrogen and oxygen atoms in total. The quantitative estimate of drug-likeness (QED) is 0.732. The van der Waals surface area contributed by atoms with Gasteiger partial charge in [-0.15, -0.1) is 10.2 Å². The molecule has 0 unspecified atom stereocenters. The number of thioether (sulfide) groups is 1. The molecule has 3 aromatic rings. The fraction of sp³-hybridized carbons (Fsp3) is 0.0769. The second-order valence-electron chi connectivity index (χ2n) is 4.09. The third-order valence-corrected chi connectivity index (χ3v) is 3.58. The molecule has 100 valence electrons. The van der Waals surface area contributed by atoms with Gasteiger partial charge in [-0.3, -0.25) is 4.79 Å². The average Bonchev–Trinajstić information content (AvgIpc) is 2.89. The van der Waals surface area contributed by atoms with Crippen LogP contribution in [0.15, 0.2) is 47.5 Å². The maximum absolute atomic E-state index is 10.8. The third-order valence-electron chi connectivity index (χ3n) is 2.63. The molecule has 3 rings (SSSR count). The van der Waals surface area contributed by atoms with E-state index < -0.39 is 0 Å².